The van der Waals surface area contributed by atoms with Gasteiger partial charge >= 0.3 is 5.97 Å². The van der Waals surface area contributed by atoms with Gasteiger partial charge in [-0.3, -0.25) is 4.79 Å². The number of hydrogen-bond donors (Lipinski definition) is 2. The van der Waals surface area contributed by atoms with Gasteiger partial charge in [-0.05, 0) is 30.5 Å². The number of carbonyl (C=O) groups is 1. The molecule has 0 fully saturated rings. The summed E-state index contributed by atoms with van der Waals surface area (Å²) in [6.07, 6.45) is 1.87. The van der Waals surface area contributed by atoms with Crippen LogP contribution < -0.4 is 10.3 Å². The Morgan fingerprint density at radius 2 is 2.21 bits per heavy atom. The van der Waals surface area contributed by atoms with E-state index in [0.29, 0.717) is 29.4 Å². The molecule has 1 heterocycles. The van der Waals surface area contributed by atoms with Crippen LogP contribution in [0.15, 0.2) is 29.2 Å². The predicted octanol–water partition coefficient (Wildman–Crippen LogP) is 2.43. The number of aromatic carboxylic acids is 1. The van der Waals surface area contributed by atoms with E-state index in [9.17, 15) is 14.9 Å². The number of benzene rings is 1. The molecule has 2 N–H and O–H groups in total. The van der Waals surface area contributed by atoms with Crippen molar-refractivity contribution in [3.8, 4) is 23.2 Å². The van der Waals surface area contributed by atoms with Gasteiger partial charge in [0.25, 0.3) is 5.56 Å². The lowest BCUT2D eigenvalue weighted by Gasteiger charge is -2.10. The SMILES string of the molecule is CC(C)CCOc1ccc(-c2ncc(C(=O)O)c(=O)[nH]2)cc1C#N. The maximum absolute atomic E-state index is 11.7. The molecule has 0 amide bonds. The highest BCUT2D eigenvalue weighted by Crippen LogP contribution is 2.24. The van der Waals surface area contributed by atoms with Gasteiger partial charge in [0.2, 0.25) is 0 Å². The van der Waals surface area contributed by atoms with E-state index < -0.39 is 17.1 Å². The van der Waals surface area contributed by atoms with E-state index >= 15 is 0 Å². The average molecular weight is 327 g/mol. The number of carboxylic acids is 1. The molecule has 0 bridgehead atoms. The van der Waals surface area contributed by atoms with Gasteiger partial charge in [0.05, 0.1) is 12.2 Å². The minimum Gasteiger partial charge on any atom is -0.492 e. The molecule has 0 saturated carbocycles. The summed E-state index contributed by atoms with van der Waals surface area (Å²) in [5.74, 6) is -0.194. The number of H-pyrrole nitrogens is 1. The number of nitriles is 1. The number of nitrogens with zero attached hydrogens (tertiary/aromatic N) is 2. The fourth-order valence-corrected chi connectivity index (χ4v) is 1.99. The predicted molar refractivity (Wildman–Crippen MR) is 86.9 cm³/mol. The zero-order chi connectivity index (χ0) is 17.7. The molecule has 0 aliphatic rings. The fraction of sp³-hybridized carbons (Fsp3) is 0.294. The van der Waals surface area contributed by atoms with E-state index in [4.69, 9.17) is 9.84 Å². The first kappa shape index (κ1) is 17.2. The molecule has 124 valence electrons. The zero-order valence-corrected chi connectivity index (χ0v) is 13.4. The second kappa shape index (κ2) is 7.42. The summed E-state index contributed by atoms with van der Waals surface area (Å²) in [7, 11) is 0. The van der Waals surface area contributed by atoms with Crippen LogP contribution >= 0.6 is 0 Å². The molecule has 7 nitrogen and oxygen atoms in total. The third kappa shape index (κ3) is 3.98. The molecule has 0 spiro atoms. The van der Waals surface area contributed by atoms with E-state index in [2.05, 4.69) is 23.8 Å². The highest BCUT2D eigenvalue weighted by Gasteiger charge is 2.12. The van der Waals surface area contributed by atoms with Crippen molar-refractivity contribution in [1.82, 2.24) is 9.97 Å². The molecule has 1 aromatic carbocycles. The molecule has 2 aromatic rings. The summed E-state index contributed by atoms with van der Waals surface area (Å²) in [6.45, 7) is 4.68. The van der Waals surface area contributed by atoms with Gasteiger partial charge in [-0.2, -0.15) is 5.26 Å². The molecule has 0 aliphatic heterocycles. The molecule has 0 saturated heterocycles. The van der Waals surface area contributed by atoms with Crippen molar-refractivity contribution in [3.05, 3.63) is 45.9 Å². The zero-order valence-electron chi connectivity index (χ0n) is 13.4. The first-order chi connectivity index (χ1) is 11.4. The fourth-order valence-electron chi connectivity index (χ4n) is 1.99. The Balaban J connectivity index is 2.29. The summed E-state index contributed by atoms with van der Waals surface area (Å²) in [5, 5.41) is 18.1. The van der Waals surface area contributed by atoms with E-state index in [-0.39, 0.29) is 5.82 Å². The molecule has 0 aliphatic carbocycles. The monoisotopic (exact) mass is 327 g/mol. The Labute approximate surface area is 138 Å². The van der Waals surface area contributed by atoms with Crippen LogP contribution in [0, 0.1) is 17.2 Å². The summed E-state index contributed by atoms with van der Waals surface area (Å²) < 4.78 is 5.61. The normalized spacial score (nSPS) is 10.4. The van der Waals surface area contributed by atoms with Crippen LogP contribution in [0.2, 0.25) is 0 Å². The molecule has 1 aromatic heterocycles. The number of carboxylic acid groups (broad SMARTS) is 1. The average Bonchev–Trinajstić information content (AvgIpc) is 2.54. The van der Waals surface area contributed by atoms with Crippen molar-refractivity contribution >= 4 is 5.97 Å². The maximum Gasteiger partial charge on any atom is 0.342 e. The van der Waals surface area contributed by atoms with Crippen LogP contribution in [0.1, 0.15) is 36.2 Å². The summed E-state index contributed by atoms with van der Waals surface area (Å²) in [5.41, 5.74) is -0.367. The van der Waals surface area contributed by atoms with E-state index in [1.807, 2.05) is 6.07 Å². The number of ether oxygens (including phenoxy) is 1. The van der Waals surface area contributed by atoms with Gasteiger partial charge in [0.1, 0.15) is 23.2 Å². The third-order valence-electron chi connectivity index (χ3n) is 3.36. The molecule has 0 unspecified atom stereocenters. The summed E-state index contributed by atoms with van der Waals surface area (Å²) in [4.78, 5) is 28.9. The van der Waals surface area contributed by atoms with Crippen molar-refractivity contribution in [3.63, 3.8) is 0 Å². The van der Waals surface area contributed by atoms with Crippen LogP contribution in [0.3, 0.4) is 0 Å². The van der Waals surface area contributed by atoms with Crippen molar-refractivity contribution < 1.29 is 14.6 Å². The molecule has 0 radical (unpaired) electrons. The number of hydrogen-bond acceptors (Lipinski definition) is 5. The van der Waals surface area contributed by atoms with E-state index in [1.54, 1.807) is 18.2 Å². The van der Waals surface area contributed by atoms with Crippen molar-refractivity contribution in [2.24, 2.45) is 5.92 Å². The molecule has 2 rings (SSSR count). The quantitative estimate of drug-likeness (QED) is 0.841. The minimum absolute atomic E-state index is 0.190. The summed E-state index contributed by atoms with van der Waals surface area (Å²) in [6, 6.07) is 6.89. The highest BCUT2D eigenvalue weighted by molar-refractivity contribution is 5.86. The number of nitrogens with one attached hydrogen (secondary N) is 1. The Kier molecular flexibility index (Phi) is 5.32. The first-order valence-corrected chi connectivity index (χ1v) is 7.42. The van der Waals surface area contributed by atoms with Crippen LogP contribution in [0.4, 0.5) is 0 Å². The third-order valence-corrected chi connectivity index (χ3v) is 3.36. The van der Waals surface area contributed by atoms with E-state index in [0.717, 1.165) is 12.6 Å². The Bertz CT molecular complexity index is 850. The van der Waals surface area contributed by atoms with Crippen molar-refractivity contribution in [2.75, 3.05) is 6.61 Å². The highest BCUT2D eigenvalue weighted by atomic mass is 16.5. The number of aromatic nitrogens is 2. The number of aromatic amines is 1. The molecule has 24 heavy (non-hydrogen) atoms. The number of rotatable bonds is 6. The summed E-state index contributed by atoms with van der Waals surface area (Å²) >= 11 is 0. The van der Waals surface area contributed by atoms with Gasteiger partial charge in [-0.15, -0.1) is 0 Å². The second-order valence-electron chi connectivity index (χ2n) is 5.63. The van der Waals surface area contributed by atoms with Crippen molar-refractivity contribution in [1.29, 1.82) is 5.26 Å². The van der Waals surface area contributed by atoms with E-state index in [1.165, 1.54) is 0 Å². The lowest BCUT2D eigenvalue weighted by molar-refractivity contribution is 0.0694. The van der Waals surface area contributed by atoms with Gasteiger partial charge in [-0.1, -0.05) is 13.8 Å². The van der Waals surface area contributed by atoms with Crippen LogP contribution in [-0.2, 0) is 0 Å². The topological polar surface area (TPSA) is 116 Å². The van der Waals surface area contributed by atoms with Gasteiger partial charge in [0, 0.05) is 11.8 Å². The minimum atomic E-state index is -1.35. The Hall–Kier alpha value is -3.14. The van der Waals surface area contributed by atoms with Crippen LogP contribution in [-0.4, -0.2) is 27.7 Å². The van der Waals surface area contributed by atoms with Gasteiger partial charge in [0.15, 0.2) is 0 Å². The molecule has 7 heteroatoms. The van der Waals surface area contributed by atoms with Gasteiger partial charge < -0.3 is 14.8 Å². The van der Waals surface area contributed by atoms with Gasteiger partial charge in [-0.25, -0.2) is 9.78 Å². The lowest BCUT2D eigenvalue weighted by atomic mass is 10.1. The van der Waals surface area contributed by atoms with Crippen molar-refractivity contribution in [2.45, 2.75) is 20.3 Å². The first-order valence-electron chi connectivity index (χ1n) is 7.42. The van der Waals surface area contributed by atoms with Crippen LogP contribution in [0.5, 0.6) is 5.75 Å². The molecular weight excluding hydrogens is 310 g/mol. The molecular formula is C17H17N3O4. The van der Waals surface area contributed by atoms with Crippen LogP contribution in [0.25, 0.3) is 11.4 Å². The molecule has 0 atom stereocenters. The standard InChI is InChI=1S/C17H17N3O4/c1-10(2)5-6-24-14-4-3-11(7-12(14)8-18)15-19-9-13(17(22)23)16(21)20-15/h3-4,7,9-10H,5-6H2,1-2H3,(H,22,23)(H,19,20,21). The Morgan fingerprint density at radius 1 is 1.46 bits per heavy atom. The smallest absolute Gasteiger partial charge is 0.342 e. The second-order valence-corrected chi connectivity index (χ2v) is 5.63. The maximum atomic E-state index is 11.7. The lowest BCUT2D eigenvalue weighted by Crippen LogP contribution is -2.18. The largest absolute Gasteiger partial charge is 0.492 e. The Morgan fingerprint density at radius 3 is 2.79 bits per heavy atom.